The molecular weight excluding hydrogens is 216 g/mol. The number of carbonyl (C=O) groups excluding carboxylic acids is 2. The zero-order chi connectivity index (χ0) is 12.8. The molecule has 0 saturated carbocycles. The van der Waals surface area contributed by atoms with E-state index in [9.17, 15) is 9.59 Å². The Labute approximate surface area is 105 Å². The second-order valence-electron chi connectivity index (χ2n) is 4.78. The van der Waals surface area contributed by atoms with Gasteiger partial charge in [-0.15, -0.1) is 0 Å². The summed E-state index contributed by atoms with van der Waals surface area (Å²) in [7, 11) is 0. The minimum Gasteiger partial charge on any atom is -0.348 e. The first-order valence-corrected chi connectivity index (χ1v) is 6.64. The highest BCUT2D eigenvalue weighted by Crippen LogP contribution is 2.16. The van der Waals surface area contributed by atoms with Crippen LogP contribution in [0.5, 0.6) is 0 Å². The molecule has 2 atom stereocenters. The van der Waals surface area contributed by atoms with Gasteiger partial charge in [-0.3, -0.25) is 14.5 Å². The molecule has 0 aromatic carbocycles. The number of likely N-dealkylation sites (N-methyl/N-ethyl adjacent to an activating group) is 1. The van der Waals surface area contributed by atoms with Crippen LogP contribution in [0.2, 0.25) is 0 Å². The van der Waals surface area contributed by atoms with Crippen LogP contribution in [0, 0.1) is 5.92 Å². The van der Waals surface area contributed by atoms with Crippen LogP contribution in [0.3, 0.4) is 0 Å². The van der Waals surface area contributed by atoms with Crippen molar-refractivity contribution in [3.63, 3.8) is 0 Å². The van der Waals surface area contributed by atoms with E-state index in [4.69, 9.17) is 0 Å². The second kappa shape index (κ2) is 6.74. The Balaban J connectivity index is 0.00000289. The Morgan fingerprint density at radius 3 is 2.76 bits per heavy atom. The van der Waals surface area contributed by atoms with Gasteiger partial charge in [0.2, 0.25) is 5.91 Å². The van der Waals surface area contributed by atoms with Crippen molar-refractivity contribution in [1.29, 1.82) is 0 Å². The maximum absolute atomic E-state index is 11.9. The number of hydrogen-bond acceptors (Lipinski definition) is 3. The van der Waals surface area contributed by atoms with Crippen molar-refractivity contribution < 1.29 is 11.0 Å². The molecule has 0 radical (unpaired) electrons. The molecule has 0 spiro atoms. The molecule has 100 valence electrons. The first-order valence-electron chi connectivity index (χ1n) is 6.64. The quantitative estimate of drug-likeness (QED) is 0.767. The number of nitrogens with one attached hydrogen (secondary N) is 1. The molecule has 1 saturated heterocycles. The fourth-order valence-corrected chi connectivity index (χ4v) is 2.20. The molecule has 1 amide bonds. The monoisotopic (exact) mass is 242 g/mol. The van der Waals surface area contributed by atoms with E-state index in [2.05, 4.69) is 17.1 Å². The van der Waals surface area contributed by atoms with E-state index in [-0.39, 0.29) is 31.6 Å². The van der Waals surface area contributed by atoms with Gasteiger partial charge in [-0.05, 0) is 32.4 Å². The van der Waals surface area contributed by atoms with Crippen molar-refractivity contribution in [1.82, 2.24) is 10.2 Å². The van der Waals surface area contributed by atoms with E-state index in [1.807, 2.05) is 13.8 Å². The number of hydrogen-bond donors (Lipinski definition) is 1. The summed E-state index contributed by atoms with van der Waals surface area (Å²) in [5, 5.41) is 2.77. The molecular formula is C13H26N2O2. The summed E-state index contributed by atoms with van der Waals surface area (Å²) in [6.07, 6.45) is 2.82. The summed E-state index contributed by atoms with van der Waals surface area (Å²) in [6, 6.07) is -0.0234. The Kier molecular flexibility index (Phi) is 5.62. The maximum atomic E-state index is 11.9. The molecule has 1 heterocycles. The number of ketones is 1. The van der Waals surface area contributed by atoms with Crippen molar-refractivity contribution >= 4 is 11.7 Å². The van der Waals surface area contributed by atoms with Gasteiger partial charge in [0.05, 0.1) is 12.6 Å². The third-order valence-electron chi connectivity index (χ3n) is 3.67. The lowest BCUT2D eigenvalue weighted by molar-refractivity contribution is -0.129. The zero-order valence-corrected chi connectivity index (χ0v) is 11.2. The normalized spacial score (nSPS) is 22.4. The summed E-state index contributed by atoms with van der Waals surface area (Å²) in [5.74, 6) is 0.184. The first kappa shape index (κ1) is 14.2. The Morgan fingerprint density at radius 1 is 1.47 bits per heavy atom. The predicted molar refractivity (Wildman–Crippen MR) is 69.9 cm³/mol. The minimum absolute atomic E-state index is 0. The van der Waals surface area contributed by atoms with Crippen molar-refractivity contribution in [3.05, 3.63) is 0 Å². The van der Waals surface area contributed by atoms with Crippen LogP contribution in [0.1, 0.15) is 41.5 Å². The molecule has 1 N–H and O–H groups in total. The molecule has 1 aliphatic rings. The van der Waals surface area contributed by atoms with Crippen molar-refractivity contribution in [3.8, 4) is 0 Å². The highest BCUT2D eigenvalue weighted by atomic mass is 16.2. The standard InChI is InChI=1S/C13H24N2O2.H2/c1-4-10(3)12(16)9-14-13(17)11-7-6-8-15(11)5-2;/h10-11H,4-9H2,1-3H3,(H,14,17);1H. The van der Waals surface area contributed by atoms with Crippen LogP contribution in [-0.4, -0.2) is 42.3 Å². The Bertz CT molecular complexity index is 284. The lowest BCUT2D eigenvalue weighted by atomic mass is 10.0. The molecule has 4 heteroatoms. The molecule has 0 aliphatic carbocycles. The van der Waals surface area contributed by atoms with Crippen LogP contribution < -0.4 is 5.32 Å². The van der Waals surface area contributed by atoms with Gasteiger partial charge in [0.15, 0.2) is 5.78 Å². The van der Waals surface area contributed by atoms with Crippen LogP contribution in [0.4, 0.5) is 0 Å². The number of likely N-dealkylation sites (tertiary alicyclic amines) is 1. The largest absolute Gasteiger partial charge is 0.348 e. The van der Waals surface area contributed by atoms with E-state index >= 15 is 0 Å². The van der Waals surface area contributed by atoms with E-state index in [1.165, 1.54) is 0 Å². The van der Waals surface area contributed by atoms with Gasteiger partial charge in [-0.1, -0.05) is 20.8 Å². The minimum atomic E-state index is -0.0234. The van der Waals surface area contributed by atoms with Crippen LogP contribution in [0.25, 0.3) is 0 Å². The lowest BCUT2D eigenvalue weighted by Gasteiger charge is -2.21. The summed E-state index contributed by atoms with van der Waals surface area (Å²) in [4.78, 5) is 25.7. The van der Waals surface area contributed by atoms with Gasteiger partial charge in [-0.2, -0.15) is 0 Å². The highest BCUT2D eigenvalue weighted by Gasteiger charge is 2.29. The maximum Gasteiger partial charge on any atom is 0.237 e. The predicted octanol–water partition coefficient (Wildman–Crippen LogP) is 1.45. The third-order valence-corrected chi connectivity index (χ3v) is 3.67. The summed E-state index contributed by atoms with van der Waals surface area (Å²) in [5.41, 5.74) is 0. The number of nitrogens with zero attached hydrogens (tertiary/aromatic N) is 1. The Morgan fingerprint density at radius 2 is 2.18 bits per heavy atom. The molecule has 4 nitrogen and oxygen atoms in total. The van der Waals surface area contributed by atoms with Gasteiger partial charge < -0.3 is 5.32 Å². The van der Waals surface area contributed by atoms with E-state index < -0.39 is 0 Å². The van der Waals surface area contributed by atoms with E-state index in [1.54, 1.807) is 0 Å². The lowest BCUT2D eigenvalue weighted by Crippen LogP contribution is -2.45. The molecule has 0 aromatic rings. The summed E-state index contributed by atoms with van der Waals surface area (Å²) >= 11 is 0. The molecule has 1 rings (SSSR count). The molecule has 1 fully saturated rings. The van der Waals surface area contributed by atoms with E-state index in [0.29, 0.717) is 0 Å². The van der Waals surface area contributed by atoms with Crippen molar-refractivity contribution in [2.45, 2.75) is 46.1 Å². The fraction of sp³-hybridized carbons (Fsp3) is 0.846. The number of Topliss-reactive ketones (excluding diaryl/α,β-unsaturated/α-hetero) is 1. The van der Waals surface area contributed by atoms with Gasteiger partial charge in [-0.25, -0.2) is 0 Å². The molecule has 1 aliphatic heterocycles. The number of carbonyl (C=O) groups is 2. The number of rotatable bonds is 6. The molecule has 2 unspecified atom stereocenters. The van der Waals surface area contributed by atoms with Gasteiger partial charge in [0.1, 0.15) is 0 Å². The van der Waals surface area contributed by atoms with Crippen molar-refractivity contribution in [2.24, 2.45) is 5.92 Å². The topological polar surface area (TPSA) is 49.4 Å². The third kappa shape index (κ3) is 3.80. The average Bonchev–Trinajstić information content (AvgIpc) is 2.82. The van der Waals surface area contributed by atoms with Crippen LogP contribution in [-0.2, 0) is 9.59 Å². The first-order chi connectivity index (χ1) is 8.10. The smallest absolute Gasteiger partial charge is 0.237 e. The van der Waals surface area contributed by atoms with Crippen molar-refractivity contribution in [2.75, 3.05) is 19.6 Å². The van der Waals surface area contributed by atoms with Gasteiger partial charge in [0, 0.05) is 7.34 Å². The highest BCUT2D eigenvalue weighted by molar-refractivity contribution is 5.89. The summed E-state index contributed by atoms with van der Waals surface area (Å²) < 4.78 is 0. The summed E-state index contributed by atoms with van der Waals surface area (Å²) in [6.45, 7) is 8.03. The Hall–Kier alpha value is -0.900. The average molecular weight is 242 g/mol. The molecule has 17 heavy (non-hydrogen) atoms. The second-order valence-corrected chi connectivity index (χ2v) is 4.78. The number of amides is 1. The van der Waals surface area contributed by atoms with Gasteiger partial charge >= 0.3 is 0 Å². The SMILES string of the molecule is CCC(C)C(=O)CNC(=O)C1CCCN1CC.[HH]. The fourth-order valence-electron chi connectivity index (χ4n) is 2.20. The molecule has 0 bridgehead atoms. The van der Waals surface area contributed by atoms with Crippen LogP contribution >= 0.6 is 0 Å². The zero-order valence-electron chi connectivity index (χ0n) is 11.2. The van der Waals surface area contributed by atoms with E-state index in [0.717, 1.165) is 32.4 Å². The van der Waals surface area contributed by atoms with Gasteiger partial charge in [0.25, 0.3) is 0 Å². The van der Waals surface area contributed by atoms with Crippen LogP contribution in [0.15, 0.2) is 0 Å². The molecule has 0 aromatic heterocycles.